The van der Waals surface area contributed by atoms with Gasteiger partial charge in [0, 0.05) is 6.42 Å². The number of carbonyl (C=O) groups excluding carboxylic acids is 1. The maximum Gasteiger partial charge on any atom is 0.364 e. The van der Waals surface area contributed by atoms with Crippen molar-refractivity contribution in [2.45, 2.75) is 39.1 Å². The Morgan fingerprint density at radius 3 is 2.92 bits per heavy atom. The van der Waals surface area contributed by atoms with Gasteiger partial charge in [0.2, 0.25) is 4.77 Å². The van der Waals surface area contributed by atoms with Crippen molar-refractivity contribution in [3.63, 3.8) is 0 Å². The van der Waals surface area contributed by atoms with E-state index >= 15 is 0 Å². The van der Waals surface area contributed by atoms with Gasteiger partial charge in [-0.2, -0.15) is 9.36 Å². The molecule has 1 unspecified atom stereocenters. The minimum atomic E-state index is -0.540. The van der Waals surface area contributed by atoms with E-state index in [1.165, 1.54) is 7.11 Å². The number of nitrogens with one attached hydrogen (secondary N) is 1. The number of rotatable bonds is 4. The highest BCUT2D eigenvalue weighted by molar-refractivity contribution is 7.71. The molecule has 1 aliphatic rings. The number of hydrogen-bond donors (Lipinski definition) is 2. The minimum absolute atomic E-state index is 0.333. The summed E-state index contributed by atoms with van der Waals surface area (Å²) in [6.07, 6.45) is -0.164. The van der Waals surface area contributed by atoms with E-state index in [1.807, 2.05) is 32.0 Å². The van der Waals surface area contributed by atoms with E-state index in [-0.39, 0.29) is 5.97 Å². The summed E-state index contributed by atoms with van der Waals surface area (Å²) in [6.45, 7) is 4.84. The quantitative estimate of drug-likeness (QED) is 0.565. The van der Waals surface area contributed by atoms with Crippen LogP contribution in [0.25, 0.3) is 5.69 Å². The molecule has 0 amide bonds. The van der Waals surface area contributed by atoms with E-state index in [9.17, 15) is 9.90 Å². The molecule has 0 spiro atoms. The van der Waals surface area contributed by atoms with Gasteiger partial charge in [-0.1, -0.05) is 12.1 Å². The fraction of sp³-hybridized carbons (Fsp3) is 0.500. The van der Waals surface area contributed by atoms with E-state index in [0.29, 0.717) is 24.4 Å². The second-order valence-electron chi connectivity index (χ2n) is 6.38. The molecule has 8 nitrogen and oxygen atoms in total. The molecule has 1 aliphatic heterocycles. The van der Waals surface area contributed by atoms with E-state index in [1.54, 1.807) is 9.36 Å². The third-order valence-electron chi connectivity index (χ3n) is 4.78. The second-order valence-corrected chi connectivity index (χ2v) is 6.74. The number of esters is 1. The normalized spacial score (nSPS) is 23.0. The third kappa shape index (κ3) is 3.35. The van der Waals surface area contributed by atoms with Crippen LogP contribution in [0.1, 0.15) is 17.5 Å². The van der Waals surface area contributed by atoms with E-state index in [4.69, 9.17) is 17.0 Å². The van der Waals surface area contributed by atoms with E-state index < -0.39 is 12.1 Å². The summed E-state index contributed by atoms with van der Waals surface area (Å²) in [5, 5.41) is 18.2. The number of aliphatic hydroxyl groups is 1. The van der Waals surface area contributed by atoms with Gasteiger partial charge in [0.15, 0.2) is 12.7 Å². The van der Waals surface area contributed by atoms with Crippen molar-refractivity contribution in [2.75, 3.05) is 13.7 Å². The maximum atomic E-state index is 11.9. The zero-order valence-electron chi connectivity index (χ0n) is 14.5. The van der Waals surface area contributed by atoms with E-state index in [0.717, 1.165) is 21.7 Å². The topological polar surface area (TPSA) is 86.6 Å². The first-order chi connectivity index (χ1) is 11.9. The van der Waals surface area contributed by atoms with Crippen molar-refractivity contribution in [3.8, 4) is 5.69 Å². The Bertz CT molecular complexity index is 847. The number of hydrogen-bond acceptors (Lipinski definition) is 6. The third-order valence-corrected chi connectivity index (χ3v) is 5.16. The highest BCUT2D eigenvalue weighted by Gasteiger charge is 2.41. The Hall–Kier alpha value is -2.10. The van der Waals surface area contributed by atoms with Gasteiger partial charge < -0.3 is 14.7 Å². The summed E-state index contributed by atoms with van der Waals surface area (Å²) >= 11 is 5.52. The van der Waals surface area contributed by atoms with Gasteiger partial charge in [0.25, 0.3) is 0 Å². The fourth-order valence-electron chi connectivity index (χ4n) is 3.23. The number of aliphatic hydroxyl groups excluding tert-OH is 1. The molecule has 1 aromatic heterocycles. The molecule has 1 saturated heterocycles. The number of benzene rings is 1. The molecule has 2 aromatic rings. The summed E-state index contributed by atoms with van der Waals surface area (Å²) < 4.78 is 8.49. The summed E-state index contributed by atoms with van der Waals surface area (Å²) in [5.74, 6) is -0.333. The first-order valence-corrected chi connectivity index (χ1v) is 8.53. The largest absolute Gasteiger partial charge is 0.465 e. The lowest BCUT2D eigenvalue weighted by molar-refractivity contribution is -0.928. The molecular formula is C16H22N5O3S+. The molecule has 3 rings (SSSR count). The van der Waals surface area contributed by atoms with Crippen LogP contribution in [0.5, 0.6) is 0 Å². The van der Waals surface area contributed by atoms with Crippen LogP contribution in [0.2, 0.25) is 0 Å². The lowest BCUT2D eigenvalue weighted by Gasteiger charge is -2.18. The molecular weight excluding hydrogens is 342 g/mol. The SMILES string of the molecule is COC(=O)[C@@H]1C[C@H](O)C[NH+]1Cn1nnn(-c2cccc(C)c2C)c1=S. The highest BCUT2D eigenvalue weighted by atomic mass is 32.1. The molecule has 3 atom stereocenters. The van der Waals surface area contributed by atoms with Crippen LogP contribution in [-0.4, -0.2) is 56.7 Å². The van der Waals surface area contributed by atoms with Crippen LogP contribution in [-0.2, 0) is 16.2 Å². The number of nitrogens with zero attached hydrogens (tertiary/aromatic N) is 4. The van der Waals surface area contributed by atoms with Crippen LogP contribution in [0, 0.1) is 18.6 Å². The van der Waals surface area contributed by atoms with Crippen molar-refractivity contribution >= 4 is 18.2 Å². The summed E-state index contributed by atoms with van der Waals surface area (Å²) in [5.41, 5.74) is 3.12. The molecule has 134 valence electrons. The van der Waals surface area contributed by atoms with Crippen LogP contribution >= 0.6 is 12.2 Å². The molecule has 0 saturated carbocycles. The summed E-state index contributed by atoms with van der Waals surface area (Å²) in [7, 11) is 1.35. The molecule has 2 N–H and O–H groups in total. The Morgan fingerprint density at radius 1 is 1.44 bits per heavy atom. The van der Waals surface area contributed by atoms with Gasteiger partial charge in [-0.25, -0.2) is 4.79 Å². The van der Waals surface area contributed by atoms with Gasteiger partial charge in [0.05, 0.1) is 12.8 Å². The van der Waals surface area contributed by atoms with Gasteiger partial charge in [-0.3, -0.25) is 0 Å². The molecule has 2 heterocycles. The molecule has 0 aliphatic carbocycles. The molecule has 1 aromatic carbocycles. The van der Waals surface area contributed by atoms with Gasteiger partial charge in [-0.15, -0.1) is 0 Å². The molecule has 9 heteroatoms. The monoisotopic (exact) mass is 364 g/mol. The number of quaternary nitrogens is 1. The van der Waals surface area contributed by atoms with Crippen molar-refractivity contribution in [3.05, 3.63) is 34.1 Å². The number of ether oxygens (including phenoxy) is 1. The number of methoxy groups -OCH3 is 1. The predicted molar refractivity (Wildman–Crippen MR) is 91.9 cm³/mol. The number of tetrazole rings is 1. The van der Waals surface area contributed by atoms with Gasteiger partial charge >= 0.3 is 5.97 Å². The summed E-state index contributed by atoms with van der Waals surface area (Å²) in [6, 6.07) is 5.51. The first kappa shape index (κ1) is 17.7. The average molecular weight is 364 g/mol. The number of likely N-dealkylation sites (tertiary alicyclic amines) is 1. The van der Waals surface area contributed by atoms with Crippen molar-refractivity contribution < 1.29 is 19.5 Å². The molecule has 25 heavy (non-hydrogen) atoms. The Kier molecular flexibility index (Phi) is 4.98. The van der Waals surface area contributed by atoms with Crippen molar-refractivity contribution in [1.29, 1.82) is 0 Å². The zero-order chi connectivity index (χ0) is 18.1. The predicted octanol–water partition coefficient (Wildman–Crippen LogP) is -0.436. The number of aryl methyl sites for hydroxylation is 1. The van der Waals surface area contributed by atoms with Crippen LogP contribution < -0.4 is 4.90 Å². The fourth-order valence-corrected chi connectivity index (χ4v) is 3.46. The smallest absolute Gasteiger partial charge is 0.364 e. The highest BCUT2D eigenvalue weighted by Crippen LogP contribution is 2.16. The Labute approximate surface area is 150 Å². The van der Waals surface area contributed by atoms with Gasteiger partial charge in [-0.05, 0) is 53.7 Å². The standard InChI is InChI=1S/C16H21N5O3S/c1-10-5-4-6-13(11(10)2)21-16(25)20(17-18-21)9-19-8-12(22)7-14(19)15(23)24-3/h4-6,12,14,22H,7-9H2,1-3H3/p+1/t12-,14-/m0/s1. The van der Waals surface area contributed by atoms with Crippen LogP contribution in [0.15, 0.2) is 18.2 Å². The lowest BCUT2D eigenvalue weighted by atomic mass is 10.1. The second kappa shape index (κ2) is 7.03. The number of aromatic nitrogens is 4. The van der Waals surface area contributed by atoms with Crippen LogP contribution in [0.3, 0.4) is 0 Å². The average Bonchev–Trinajstić information content (AvgIpc) is 3.13. The van der Waals surface area contributed by atoms with Crippen molar-refractivity contribution in [2.24, 2.45) is 0 Å². The molecule has 0 radical (unpaired) electrons. The zero-order valence-corrected chi connectivity index (χ0v) is 15.3. The minimum Gasteiger partial charge on any atom is -0.465 e. The Balaban J connectivity index is 1.88. The Morgan fingerprint density at radius 2 is 2.20 bits per heavy atom. The molecule has 0 bridgehead atoms. The number of carbonyl (C=O) groups is 1. The molecule has 1 fully saturated rings. The lowest BCUT2D eigenvalue weighted by Crippen LogP contribution is -3.14. The first-order valence-electron chi connectivity index (χ1n) is 8.12. The van der Waals surface area contributed by atoms with Gasteiger partial charge in [0.1, 0.15) is 12.6 Å². The summed E-state index contributed by atoms with van der Waals surface area (Å²) in [4.78, 5) is 12.8. The van der Waals surface area contributed by atoms with E-state index in [2.05, 4.69) is 10.4 Å². The van der Waals surface area contributed by atoms with Crippen molar-refractivity contribution in [1.82, 2.24) is 19.8 Å². The van der Waals surface area contributed by atoms with Crippen LogP contribution in [0.4, 0.5) is 0 Å². The maximum absolute atomic E-state index is 11.9.